The van der Waals surface area contributed by atoms with Crippen molar-refractivity contribution in [2.24, 2.45) is 10.9 Å². The van der Waals surface area contributed by atoms with Crippen molar-refractivity contribution in [3.8, 4) is 0 Å². The molecule has 2 N–H and O–H groups in total. The minimum atomic E-state index is 0.313. The zero-order valence-corrected chi connectivity index (χ0v) is 18.9. The van der Waals surface area contributed by atoms with Crippen molar-refractivity contribution in [3.63, 3.8) is 0 Å². The van der Waals surface area contributed by atoms with Gasteiger partial charge in [0.05, 0.1) is 18.1 Å². The Hall–Kier alpha value is -3.22. The number of aromatic nitrogens is 4. The summed E-state index contributed by atoms with van der Waals surface area (Å²) >= 11 is 0. The maximum Gasteiger partial charge on any atom is 0.140 e. The number of rotatable bonds is 10. The van der Waals surface area contributed by atoms with Gasteiger partial charge in [0.1, 0.15) is 17.3 Å². The molecule has 2 aromatic rings. The number of hydrogen-bond acceptors (Lipinski definition) is 6. The van der Waals surface area contributed by atoms with E-state index < -0.39 is 0 Å². The number of anilines is 2. The maximum atomic E-state index is 4.82. The van der Waals surface area contributed by atoms with Crippen molar-refractivity contribution >= 4 is 29.1 Å². The second kappa shape index (κ2) is 10.5. The van der Waals surface area contributed by atoms with Crippen molar-refractivity contribution in [2.75, 3.05) is 17.7 Å². The van der Waals surface area contributed by atoms with Gasteiger partial charge in [0, 0.05) is 24.4 Å². The quantitative estimate of drug-likeness (QED) is 0.426. The molecule has 0 spiro atoms. The first kappa shape index (κ1) is 23.1. The minimum absolute atomic E-state index is 0.313. The third-order valence-corrected chi connectivity index (χ3v) is 5.25. The van der Waals surface area contributed by atoms with Gasteiger partial charge in [-0.2, -0.15) is 10.2 Å². The summed E-state index contributed by atoms with van der Waals surface area (Å²) in [5.74, 6) is 2.09. The number of aliphatic imine (C=N–C) groups is 1. The Kier molecular flexibility index (Phi) is 8.09. The highest BCUT2D eigenvalue weighted by atomic mass is 15.5. The molecule has 2 atom stereocenters. The molecule has 0 saturated heterocycles. The van der Waals surface area contributed by atoms with E-state index in [0.29, 0.717) is 23.5 Å². The van der Waals surface area contributed by atoms with Gasteiger partial charge in [-0.25, -0.2) is 4.98 Å². The number of nitrogens with zero attached hydrogens (tertiary/aromatic N) is 5. The van der Waals surface area contributed by atoms with Crippen molar-refractivity contribution < 1.29 is 0 Å². The van der Waals surface area contributed by atoms with Crippen LogP contribution in [0.2, 0.25) is 0 Å². The number of nitrogens with one attached hydrogen (secondary N) is 2. The molecule has 160 valence electrons. The van der Waals surface area contributed by atoms with Crippen LogP contribution >= 0.6 is 0 Å². The standard InChI is InChI=1S/C23H33N7/c1-9-15(3)18(6)28-22-16(4)13-20(10-2)23(29-22)27-17(5)14-21(19(7)24-8)30-25-11-12-26-30/h10-15,18H,2,5,9H2,1,3-4,6-8H3,(H2,27,28,29)/b21-14+,24-19?/t15-,18?/m0/s1. The molecule has 0 saturated carbocycles. The first-order chi connectivity index (χ1) is 14.3. The fourth-order valence-electron chi connectivity index (χ4n) is 2.86. The van der Waals surface area contributed by atoms with Crippen LogP contribution in [0.25, 0.3) is 11.8 Å². The van der Waals surface area contributed by atoms with Gasteiger partial charge in [-0.1, -0.05) is 39.5 Å². The van der Waals surface area contributed by atoms with Crippen molar-refractivity contribution in [3.05, 3.63) is 54.5 Å². The third kappa shape index (κ3) is 5.65. The topological polar surface area (TPSA) is 80.0 Å². The van der Waals surface area contributed by atoms with E-state index in [1.807, 2.05) is 19.9 Å². The van der Waals surface area contributed by atoms with Crippen LogP contribution in [-0.2, 0) is 0 Å². The highest BCUT2D eigenvalue weighted by molar-refractivity contribution is 6.17. The second-order valence-electron chi connectivity index (χ2n) is 7.42. The molecule has 7 heteroatoms. The molecule has 0 aliphatic heterocycles. The Balaban J connectivity index is 2.34. The van der Waals surface area contributed by atoms with Crippen molar-refractivity contribution in [2.45, 2.75) is 47.1 Å². The summed E-state index contributed by atoms with van der Waals surface area (Å²) in [6.45, 7) is 18.6. The van der Waals surface area contributed by atoms with Crippen molar-refractivity contribution in [1.82, 2.24) is 20.0 Å². The molecular formula is C23H33N7. The van der Waals surface area contributed by atoms with Crippen LogP contribution in [0.5, 0.6) is 0 Å². The van der Waals surface area contributed by atoms with Gasteiger partial charge < -0.3 is 10.6 Å². The lowest BCUT2D eigenvalue weighted by Crippen LogP contribution is -2.24. The summed E-state index contributed by atoms with van der Waals surface area (Å²) in [7, 11) is 1.73. The van der Waals surface area contributed by atoms with Gasteiger partial charge in [0.25, 0.3) is 0 Å². The van der Waals surface area contributed by atoms with Crippen LogP contribution in [0.4, 0.5) is 11.6 Å². The molecule has 2 rings (SSSR count). The van der Waals surface area contributed by atoms with E-state index in [9.17, 15) is 0 Å². The van der Waals surface area contributed by atoms with E-state index in [-0.39, 0.29) is 0 Å². The fourth-order valence-corrected chi connectivity index (χ4v) is 2.86. The highest BCUT2D eigenvalue weighted by Crippen LogP contribution is 2.25. The lowest BCUT2D eigenvalue weighted by Gasteiger charge is -2.22. The van der Waals surface area contributed by atoms with E-state index in [0.717, 1.165) is 34.8 Å². The maximum absolute atomic E-state index is 4.82. The molecule has 2 heterocycles. The molecule has 0 bridgehead atoms. The molecule has 1 unspecified atom stereocenters. The van der Waals surface area contributed by atoms with Crippen LogP contribution in [0, 0.1) is 12.8 Å². The third-order valence-electron chi connectivity index (χ3n) is 5.25. The average Bonchev–Trinajstić information content (AvgIpc) is 3.27. The summed E-state index contributed by atoms with van der Waals surface area (Å²) in [5.41, 5.74) is 4.15. The predicted octanol–water partition coefficient (Wildman–Crippen LogP) is 5.03. The van der Waals surface area contributed by atoms with Gasteiger partial charge in [-0.3, -0.25) is 4.99 Å². The van der Waals surface area contributed by atoms with Gasteiger partial charge in [-0.15, -0.1) is 4.80 Å². The SMILES string of the molecule is C=Cc1cc(C)c(NC(C)[C@@H](C)CC)nc1NC(=C)/C=C(\C(C)=NC)n1nccn1. The normalized spacial score (nSPS) is 14.2. The summed E-state index contributed by atoms with van der Waals surface area (Å²) in [4.78, 5) is 10.6. The van der Waals surface area contributed by atoms with Crippen LogP contribution in [0.3, 0.4) is 0 Å². The zero-order valence-electron chi connectivity index (χ0n) is 18.9. The largest absolute Gasteiger partial charge is 0.367 e. The molecule has 0 aliphatic carbocycles. The first-order valence-corrected chi connectivity index (χ1v) is 10.2. The molecular weight excluding hydrogens is 374 g/mol. The second-order valence-corrected chi connectivity index (χ2v) is 7.42. The van der Waals surface area contributed by atoms with Gasteiger partial charge >= 0.3 is 0 Å². The highest BCUT2D eigenvalue weighted by Gasteiger charge is 2.14. The molecule has 0 amide bonds. The van der Waals surface area contributed by atoms with E-state index >= 15 is 0 Å². The minimum Gasteiger partial charge on any atom is -0.367 e. The Morgan fingerprint density at radius 2 is 1.93 bits per heavy atom. The lowest BCUT2D eigenvalue weighted by atomic mass is 10.0. The smallest absolute Gasteiger partial charge is 0.140 e. The monoisotopic (exact) mass is 407 g/mol. The summed E-state index contributed by atoms with van der Waals surface area (Å²) in [6.07, 6.45) is 8.00. The molecule has 0 fully saturated rings. The average molecular weight is 408 g/mol. The van der Waals surface area contributed by atoms with E-state index in [2.05, 4.69) is 65.8 Å². The van der Waals surface area contributed by atoms with E-state index in [4.69, 9.17) is 4.98 Å². The van der Waals surface area contributed by atoms with E-state index in [1.54, 1.807) is 25.5 Å². The molecule has 0 aromatic carbocycles. The summed E-state index contributed by atoms with van der Waals surface area (Å²) < 4.78 is 0. The zero-order chi connectivity index (χ0) is 22.3. The lowest BCUT2D eigenvalue weighted by molar-refractivity contribution is 0.493. The Bertz CT molecular complexity index is 939. The van der Waals surface area contributed by atoms with Crippen molar-refractivity contribution in [1.29, 1.82) is 0 Å². The fraction of sp³-hybridized carbons (Fsp3) is 0.391. The van der Waals surface area contributed by atoms with Crippen LogP contribution < -0.4 is 10.6 Å². The first-order valence-electron chi connectivity index (χ1n) is 10.2. The molecule has 7 nitrogen and oxygen atoms in total. The van der Waals surface area contributed by atoms with Crippen LogP contribution in [0.15, 0.2) is 48.4 Å². The molecule has 30 heavy (non-hydrogen) atoms. The van der Waals surface area contributed by atoms with Gasteiger partial charge in [0.2, 0.25) is 0 Å². The summed E-state index contributed by atoms with van der Waals surface area (Å²) in [6, 6.07) is 2.38. The Morgan fingerprint density at radius 3 is 2.50 bits per heavy atom. The van der Waals surface area contributed by atoms with Crippen LogP contribution in [-0.4, -0.2) is 38.8 Å². The Labute approximate surface area is 179 Å². The van der Waals surface area contributed by atoms with Gasteiger partial charge in [0.15, 0.2) is 0 Å². The van der Waals surface area contributed by atoms with E-state index in [1.165, 1.54) is 4.80 Å². The number of pyridine rings is 1. The molecule has 0 aliphatic rings. The number of hydrogen-bond donors (Lipinski definition) is 2. The molecule has 0 radical (unpaired) electrons. The van der Waals surface area contributed by atoms with Crippen LogP contribution in [0.1, 0.15) is 45.2 Å². The number of allylic oxidation sites excluding steroid dienone is 2. The Morgan fingerprint density at radius 1 is 1.27 bits per heavy atom. The van der Waals surface area contributed by atoms with Gasteiger partial charge in [-0.05, 0) is 44.4 Å². The molecule has 2 aromatic heterocycles. The summed E-state index contributed by atoms with van der Waals surface area (Å²) in [5, 5.41) is 15.3. The predicted molar refractivity (Wildman–Crippen MR) is 128 cm³/mol. The number of aryl methyl sites for hydroxylation is 1.